The molecule has 1 N–H and O–H groups in total. The highest BCUT2D eigenvalue weighted by atomic mass is 35.5. The van der Waals surface area contributed by atoms with Crippen LogP contribution in [0.15, 0.2) is 59.6 Å². The first-order chi connectivity index (χ1) is 14.5. The lowest BCUT2D eigenvalue weighted by Crippen LogP contribution is -2.13. The van der Waals surface area contributed by atoms with E-state index in [4.69, 9.17) is 16.3 Å². The summed E-state index contributed by atoms with van der Waals surface area (Å²) in [6.45, 7) is 1.86. The maximum Gasteiger partial charge on any atom is 0.225 e. The Labute approximate surface area is 185 Å². The van der Waals surface area contributed by atoms with Gasteiger partial charge in [0.15, 0.2) is 0 Å². The first kappa shape index (κ1) is 21.7. The zero-order chi connectivity index (χ0) is 21.5. The van der Waals surface area contributed by atoms with Crippen LogP contribution in [-0.2, 0) is 4.79 Å². The second-order valence-corrected chi connectivity index (χ2v) is 7.94. The molecule has 0 saturated heterocycles. The van der Waals surface area contributed by atoms with Crippen LogP contribution in [0.5, 0.6) is 5.75 Å². The van der Waals surface area contributed by atoms with E-state index >= 15 is 0 Å². The van der Waals surface area contributed by atoms with Gasteiger partial charge in [-0.2, -0.15) is 5.26 Å². The molecule has 0 saturated carbocycles. The summed E-state index contributed by atoms with van der Waals surface area (Å²) < 4.78 is 5.18. The number of nitriles is 1. The molecular weight excluding hydrogens is 418 g/mol. The van der Waals surface area contributed by atoms with Crippen molar-refractivity contribution < 1.29 is 9.53 Å². The van der Waals surface area contributed by atoms with E-state index in [1.807, 2.05) is 43.3 Å². The maximum absolute atomic E-state index is 12.3. The molecule has 0 spiro atoms. The molecule has 0 bridgehead atoms. The van der Waals surface area contributed by atoms with Crippen molar-refractivity contribution in [3.63, 3.8) is 0 Å². The van der Waals surface area contributed by atoms with Crippen molar-refractivity contribution in [2.45, 2.75) is 18.4 Å². The number of benzene rings is 2. The third-order valence-corrected chi connectivity index (χ3v) is 5.88. The Morgan fingerprint density at radius 1 is 1.20 bits per heavy atom. The molecule has 1 heterocycles. The van der Waals surface area contributed by atoms with Gasteiger partial charge in [0.2, 0.25) is 5.91 Å². The number of hydrogen-bond donors (Lipinski definition) is 1. The second-order valence-electron chi connectivity index (χ2n) is 6.45. The van der Waals surface area contributed by atoms with E-state index in [0.717, 1.165) is 22.6 Å². The summed E-state index contributed by atoms with van der Waals surface area (Å²) in [5.74, 6) is 1.15. The highest BCUT2D eigenvalue weighted by Gasteiger charge is 2.11. The smallest absolute Gasteiger partial charge is 0.225 e. The Bertz CT molecular complexity index is 1090. The molecule has 1 amide bonds. The first-order valence-electron chi connectivity index (χ1n) is 9.25. The van der Waals surface area contributed by atoms with Gasteiger partial charge in [-0.1, -0.05) is 17.7 Å². The van der Waals surface area contributed by atoms with E-state index in [1.165, 1.54) is 11.8 Å². The monoisotopic (exact) mass is 437 g/mol. The molecule has 1 aromatic heterocycles. The lowest BCUT2D eigenvalue weighted by Gasteiger charge is -2.10. The largest absolute Gasteiger partial charge is 0.497 e. The molecular formula is C23H20ClN3O2S. The van der Waals surface area contributed by atoms with Gasteiger partial charge in [-0.25, -0.2) is 4.98 Å². The van der Waals surface area contributed by atoms with E-state index in [1.54, 1.807) is 25.3 Å². The summed E-state index contributed by atoms with van der Waals surface area (Å²) in [7, 11) is 1.62. The average Bonchev–Trinajstić information content (AvgIpc) is 2.77. The number of thioether (sulfide) groups is 1. The summed E-state index contributed by atoms with van der Waals surface area (Å²) in [5.41, 5.74) is 3.72. The van der Waals surface area contributed by atoms with Crippen molar-refractivity contribution in [2.75, 3.05) is 18.2 Å². The Morgan fingerprint density at radius 3 is 2.67 bits per heavy atom. The molecule has 5 nitrogen and oxygen atoms in total. The second kappa shape index (κ2) is 10.1. The van der Waals surface area contributed by atoms with Gasteiger partial charge in [0.25, 0.3) is 0 Å². The molecule has 152 valence electrons. The number of anilines is 1. The molecule has 0 aliphatic heterocycles. The third-order valence-electron chi connectivity index (χ3n) is 4.48. The van der Waals surface area contributed by atoms with Crippen LogP contribution in [0.2, 0.25) is 5.02 Å². The molecule has 0 aliphatic carbocycles. The van der Waals surface area contributed by atoms with Gasteiger partial charge in [-0.15, -0.1) is 11.8 Å². The summed E-state index contributed by atoms with van der Waals surface area (Å²) in [6, 6.07) is 18.7. The van der Waals surface area contributed by atoms with Crippen LogP contribution in [0.3, 0.4) is 0 Å². The minimum Gasteiger partial charge on any atom is -0.497 e. The predicted octanol–water partition coefficient (Wildman–Crippen LogP) is 5.71. The summed E-state index contributed by atoms with van der Waals surface area (Å²) in [5, 5.41) is 13.5. The maximum atomic E-state index is 12.3. The van der Waals surface area contributed by atoms with Crippen molar-refractivity contribution in [1.29, 1.82) is 5.26 Å². The Morgan fingerprint density at radius 2 is 1.97 bits per heavy atom. The van der Waals surface area contributed by atoms with Gasteiger partial charge in [-0.3, -0.25) is 4.79 Å². The normalized spacial score (nSPS) is 10.3. The van der Waals surface area contributed by atoms with Gasteiger partial charge >= 0.3 is 0 Å². The lowest BCUT2D eigenvalue weighted by atomic mass is 10.1. The van der Waals surface area contributed by atoms with Gasteiger partial charge < -0.3 is 10.1 Å². The number of pyridine rings is 1. The first-order valence-corrected chi connectivity index (χ1v) is 10.6. The van der Waals surface area contributed by atoms with E-state index < -0.39 is 0 Å². The molecule has 0 radical (unpaired) electrons. The number of rotatable bonds is 7. The third kappa shape index (κ3) is 5.32. The zero-order valence-corrected chi connectivity index (χ0v) is 18.2. The number of carbonyl (C=O) groups is 1. The van der Waals surface area contributed by atoms with Crippen LogP contribution in [0.4, 0.5) is 5.69 Å². The fraction of sp³-hybridized carbons (Fsp3) is 0.174. The topological polar surface area (TPSA) is 75.0 Å². The van der Waals surface area contributed by atoms with Crippen molar-refractivity contribution in [3.8, 4) is 23.1 Å². The SMILES string of the molecule is COc1ccc(-c2ccc(C#N)c(SCCC(=O)Nc3cccc(Cl)c3C)n2)cc1. The Hall–Kier alpha value is -3.01. The molecule has 2 aromatic carbocycles. The Kier molecular flexibility index (Phi) is 7.34. The minimum atomic E-state index is -0.113. The molecule has 0 unspecified atom stereocenters. The molecule has 3 rings (SSSR count). The number of ether oxygens (including phenoxy) is 1. The van der Waals surface area contributed by atoms with Gasteiger partial charge in [0.05, 0.1) is 18.4 Å². The highest BCUT2D eigenvalue weighted by Crippen LogP contribution is 2.27. The predicted molar refractivity (Wildman–Crippen MR) is 121 cm³/mol. The van der Waals surface area contributed by atoms with Crippen LogP contribution in [0, 0.1) is 18.3 Å². The van der Waals surface area contributed by atoms with Crippen LogP contribution < -0.4 is 10.1 Å². The number of carbonyl (C=O) groups excluding carboxylic acids is 1. The number of nitrogens with one attached hydrogen (secondary N) is 1. The van der Waals surface area contributed by atoms with Crippen LogP contribution in [-0.4, -0.2) is 23.8 Å². The van der Waals surface area contributed by atoms with Crippen molar-refractivity contribution in [2.24, 2.45) is 0 Å². The van der Waals surface area contributed by atoms with Crippen molar-refractivity contribution >= 4 is 35.0 Å². The van der Waals surface area contributed by atoms with Gasteiger partial charge in [0, 0.05) is 28.4 Å². The molecule has 3 aromatic rings. The van der Waals surface area contributed by atoms with E-state index in [9.17, 15) is 10.1 Å². The van der Waals surface area contributed by atoms with E-state index in [2.05, 4.69) is 16.4 Å². The molecule has 0 atom stereocenters. The number of amides is 1. The summed E-state index contributed by atoms with van der Waals surface area (Å²) >= 11 is 7.49. The van der Waals surface area contributed by atoms with Crippen LogP contribution in [0.25, 0.3) is 11.3 Å². The number of methoxy groups -OCH3 is 1. The molecule has 0 fully saturated rings. The van der Waals surface area contributed by atoms with Crippen molar-refractivity contribution in [1.82, 2.24) is 4.98 Å². The van der Waals surface area contributed by atoms with E-state index in [0.29, 0.717) is 27.1 Å². The van der Waals surface area contributed by atoms with Crippen LogP contribution in [0.1, 0.15) is 17.5 Å². The molecule has 0 aliphatic rings. The average molecular weight is 438 g/mol. The van der Waals surface area contributed by atoms with Crippen molar-refractivity contribution in [3.05, 3.63) is 70.7 Å². The van der Waals surface area contributed by atoms with Crippen LogP contribution >= 0.6 is 23.4 Å². The molecule has 7 heteroatoms. The number of aromatic nitrogens is 1. The lowest BCUT2D eigenvalue weighted by molar-refractivity contribution is -0.115. The quantitative estimate of drug-likeness (QED) is 0.479. The summed E-state index contributed by atoms with van der Waals surface area (Å²) in [4.78, 5) is 16.9. The fourth-order valence-corrected chi connectivity index (χ4v) is 3.84. The molecule has 30 heavy (non-hydrogen) atoms. The van der Waals surface area contributed by atoms with Gasteiger partial charge in [0.1, 0.15) is 16.8 Å². The van der Waals surface area contributed by atoms with E-state index in [-0.39, 0.29) is 12.3 Å². The van der Waals surface area contributed by atoms with Gasteiger partial charge in [-0.05, 0) is 61.0 Å². The Balaban J connectivity index is 1.66. The summed E-state index contributed by atoms with van der Waals surface area (Å²) in [6.07, 6.45) is 0.288. The zero-order valence-electron chi connectivity index (χ0n) is 16.6. The standard InChI is InChI=1S/C23H20ClN3O2S/c1-15-19(24)4-3-5-20(15)26-22(28)12-13-30-23-17(14-25)8-11-21(27-23)16-6-9-18(29-2)10-7-16/h3-11H,12-13H2,1-2H3,(H,26,28). The fourth-order valence-electron chi connectivity index (χ4n) is 2.75. The number of hydrogen-bond acceptors (Lipinski definition) is 5. The highest BCUT2D eigenvalue weighted by molar-refractivity contribution is 7.99. The number of halogens is 1. The number of nitrogens with zero attached hydrogens (tertiary/aromatic N) is 2. The minimum absolute atomic E-state index is 0.113.